The van der Waals surface area contributed by atoms with Crippen LogP contribution in [0.15, 0.2) is 23.8 Å². The summed E-state index contributed by atoms with van der Waals surface area (Å²) in [5, 5.41) is 0. The average Bonchev–Trinajstić information content (AvgIpc) is 1.85. The maximum atomic E-state index is 2.38. The molecule has 1 aliphatic carbocycles. The van der Waals surface area contributed by atoms with Crippen molar-refractivity contribution in [3.63, 3.8) is 0 Å². The van der Waals surface area contributed by atoms with Gasteiger partial charge in [-0.1, -0.05) is 44.6 Å². The summed E-state index contributed by atoms with van der Waals surface area (Å²) in [6.07, 6.45) is 10.8. The molecule has 62 valence electrons. The van der Waals surface area contributed by atoms with Gasteiger partial charge in [-0.3, -0.25) is 0 Å². The molecule has 0 radical (unpaired) electrons. The van der Waals surface area contributed by atoms with E-state index in [9.17, 15) is 0 Å². The molecule has 0 aliphatic heterocycles. The quantitative estimate of drug-likeness (QED) is 0.494. The van der Waals surface area contributed by atoms with E-state index < -0.39 is 0 Å². The minimum absolute atomic E-state index is 0.344. The maximum Gasteiger partial charge on any atom is -0.0197 e. The zero-order valence-corrected chi connectivity index (χ0v) is 7.85. The lowest BCUT2D eigenvalue weighted by Crippen LogP contribution is -2.01. The number of hydrogen-bond donors (Lipinski definition) is 0. The highest BCUT2D eigenvalue weighted by Crippen LogP contribution is 2.23. The number of hydrogen-bond acceptors (Lipinski definition) is 0. The van der Waals surface area contributed by atoms with Crippen LogP contribution in [-0.4, -0.2) is 0 Å². The van der Waals surface area contributed by atoms with Crippen molar-refractivity contribution in [3.8, 4) is 0 Å². The molecule has 0 saturated carbocycles. The summed E-state index contributed by atoms with van der Waals surface area (Å²) < 4.78 is 0. The fourth-order valence-electron chi connectivity index (χ4n) is 1.42. The zero-order chi connectivity index (χ0) is 8.32. The highest BCUT2D eigenvalue weighted by Gasteiger charge is 2.07. The normalized spacial score (nSPS) is 22.6. The van der Waals surface area contributed by atoms with E-state index in [-0.39, 0.29) is 0 Å². The second-order valence-corrected chi connectivity index (χ2v) is 4.38. The van der Waals surface area contributed by atoms with Gasteiger partial charge in [0.05, 0.1) is 0 Å². The second kappa shape index (κ2) is 3.25. The van der Waals surface area contributed by atoms with E-state index in [1.807, 2.05) is 0 Å². The van der Waals surface area contributed by atoms with Crippen LogP contribution in [0.1, 0.15) is 40.0 Å². The van der Waals surface area contributed by atoms with Gasteiger partial charge in [0.15, 0.2) is 0 Å². The van der Waals surface area contributed by atoms with E-state index in [1.54, 1.807) is 0 Å². The molecular weight excluding hydrogens is 132 g/mol. The van der Waals surface area contributed by atoms with Crippen molar-refractivity contribution in [2.24, 2.45) is 5.41 Å². The van der Waals surface area contributed by atoms with E-state index >= 15 is 0 Å². The minimum Gasteiger partial charge on any atom is -0.0843 e. The Morgan fingerprint density at radius 3 is 2.55 bits per heavy atom. The Morgan fingerprint density at radius 2 is 2.09 bits per heavy atom. The topological polar surface area (TPSA) is 0 Å². The molecular formula is C11H18. The minimum atomic E-state index is 0.344. The van der Waals surface area contributed by atoms with E-state index in [4.69, 9.17) is 0 Å². The first-order valence-corrected chi connectivity index (χ1v) is 4.46. The third-order valence-electron chi connectivity index (χ3n) is 1.79. The summed E-state index contributed by atoms with van der Waals surface area (Å²) in [6.45, 7) is 6.76. The molecule has 0 aromatic carbocycles. The Bertz CT molecular complexity index is 177. The van der Waals surface area contributed by atoms with Gasteiger partial charge in [0.1, 0.15) is 0 Å². The molecule has 0 bridgehead atoms. The van der Waals surface area contributed by atoms with E-state index in [0.29, 0.717) is 5.41 Å². The lowest BCUT2D eigenvalue weighted by molar-refractivity contribution is 0.537. The Labute approximate surface area is 70.0 Å². The van der Waals surface area contributed by atoms with E-state index in [1.165, 1.54) is 24.8 Å². The first kappa shape index (κ1) is 8.58. The smallest absolute Gasteiger partial charge is 0.0197 e. The van der Waals surface area contributed by atoms with Crippen molar-refractivity contribution in [1.82, 2.24) is 0 Å². The van der Waals surface area contributed by atoms with Crippen LogP contribution in [0, 0.1) is 5.41 Å². The van der Waals surface area contributed by atoms with Crippen molar-refractivity contribution in [2.45, 2.75) is 40.0 Å². The average molecular weight is 150 g/mol. The van der Waals surface area contributed by atoms with Crippen molar-refractivity contribution in [2.75, 3.05) is 0 Å². The largest absolute Gasteiger partial charge is 0.0843 e. The van der Waals surface area contributed by atoms with Crippen LogP contribution >= 0.6 is 0 Å². The van der Waals surface area contributed by atoms with Gasteiger partial charge in [-0.15, -0.1) is 0 Å². The van der Waals surface area contributed by atoms with Crippen LogP contribution in [0.4, 0.5) is 0 Å². The third kappa shape index (κ3) is 3.41. The summed E-state index contributed by atoms with van der Waals surface area (Å²) >= 11 is 0. The Hall–Kier alpha value is -0.520. The molecule has 0 amide bonds. The molecule has 0 N–H and O–H groups in total. The lowest BCUT2D eigenvalue weighted by Gasteiger charge is -2.16. The second-order valence-electron chi connectivity index (χ2n) is 4.38. The highest BCUT2D eigenvalue weighted by molar-refractivity contribution is 5.23. The summed E-state index contributed by atoms with van der Waals surface area (Å²) in [4.78, 5) is 0. The fraction of sp³-hybridized carbons (Fsp3) is 0.636. The SMILES string of the molecule is CC(C)(C)/C=C1\C=CCCC1. The molecule has 0 spiro atoms. The first-order chi connectivity index (χ1) is 5.08. The molecule has 0 unspecified atom stereocenters. The van der Waals surface area contributed by atoms with Gasteiger partial charge < -0.3 is 0 Å². The molecule has 0 heterocycles. The molecule has 1 aliphatic rings. The van der Waals surface area contributed by atoms with Crippen LogP contribution in [0.5, 0.6) is 0 Å². The molecule has 0 nitrogen and oxygen atoms in total. The Kier molecular flexibility index (Phi) is 2.53. The van der Waals surface area contributed by atoms with Gasteiger partial charge in [-0.25, -0.2) is 0 Å². The number of allylic oxidation sites excluding steroid dienone is 4. The predicted octanol–water partition coefficient (Wildman–Crippen LogP) is 3.70. The standard InChI is InChI=1S/C11H18/c1-11(2,3)9-10-7-5-4-6-8-10/h5,7,9H,4,6,8H2,1-3H3/b10-9+. The summed E-state index contributed by atoms with van der Waals surface area (Å²) in [5.41, 5.74) is 1.86. The van der Waals surface area contributed by atoms with Crippen molar-refractivity contribution < 1.29 is 0 Å². The van der Waals surface area contributed by atoms with Gasteiger partial charge in [0.2, 0.25) is 0 Å². The molecule has 1 rings (SSSR count). The van der Waals surface area contributed by atoms with Crippen LogP contribution < -0.4 is 0 Å². The lowest BCUT2D eigenvalue weighted by atomic mass is 9.90. The van der Waals surface area contributed by atoms with Gasteiger partial charge in [-0.2, -0.15) is 0 Å². The van der Waals surface area contributed by atoms with Crippen LogP contribution in [-0.2, 0) is 0 Å². The van der Waals surface area contributed by atoms with Crippen LogP contribution in [0.2, 0.25) is 0 Å². The van der Waals surface area contributed by atoms with Crippen molar-refractivity contribution in [1.29, 1.82) is 0 Å². The molecule has 0 heteroatoms. The first-order valence-electron chi connectivity index (χ1n) is 4.46. The Balaban J connectivity index is 2.65. The van der Waals surface area contributed by atoms with Gasteiger partial charge in [0.25, 0.3) is 0 Å². The van der Waals surface area contributed by atoms with Gasteiger partial charge in [-0.05, 0) is 24.7 Å². The molecule has 0 atom stereocenters. The van der Waals surface area contributed by atoms with Crippen molar-refractivity contribution in [3.05, 3.63) is 23.8 Å². The van der Waals surface area contributed by atoms with E-state index in [0.717, 1.165) is 0 Å². The highest BCUT2D eigenvalue weighted by atomic mass is 14.1. The monoisotopic (exact) mass is 150 g/mol. The zero-order valence-electron chi connectivity index (χ0n) is 7.85. The van der Waals surface area contributed by atoms with E-state index in [2.05, 4.69) is 39.0 Å². The summed E-state index contributed by atoms with van der Waals surface area (Å²) in [5.74, 6) is 0. The Morgan fingerprint density at radius 1 is 1.36 bits per heavy atom. The molecule has 11 heavy (non-hydrogen) atoms. The van der Waals surface area contributed by atoms with Gasteiger partial charge in [0, 0.05) is 0 Å². The van der Waals surface area contributed by atoms with Crippen molar-refractivity contribution >= 4 is 0 Å². The van der Waals surface area contributed by atoms with Crippen LogP contribution in [0.25, 0.3) is 0 Å². The fourth-order valence-corrected chi connectivity index (χ4v) is 1.42. The molecule has 0 aromatic heterocycles. The summed E-state index contributed by atoms with van der Waals surface area (Å²) in [7, 11) is 0. The molecule has 0 saturated heterocycles. The predicted molar refractivity (Wildman–Crippen MR) is 50.5 cm³/mol. The van der Waals surface area contributed by atoms with Crippen LogP contribution in [0.3, 0.4) is 0 Å². The molecule has 0 aromatic rings. The third-order valence-corrected chi connectivity index (χ3v) is 1.79. The van der Waals surface area contributed by atoms with Gasteiger partial charge >= 0.3 is 0 Å². The summed E-state index contributed by atoms with van der Waals surface area (Å²) in [6, 6.07) is 0. The maximum absolute atomic E-state index is 2.38. The molecule has 0 fully saturated rings. The number of rotatable bonds is 0.